The largest absolute Gasteiger partial charge is 0.399 e. The third kappa shape index (κ3) is 2.37. The van der Waals surface area contributed by atoms with Crippen LogP contribution in [0.5, 0.6) is 0 Å². The summed E-state index contributed by atoms with van der Waals surface area (Å²) in [6, 6.07) is 3.68. The average molecular weight is 191 g/mol. The Hall–Kier alpha value is -1.25. The Morgan fingerprint density at radius 3 is 3.00 bits per heavy atom. The molecule has 1 aromatic rings. The fraction of sp³-hybridized carbons (Fsp3) is 0.545. The highest BCUT2D eigenvalue weighted by Crippen LogP contribution is 2.29. The Balaban J connectivity index is 1.74. The molecule has 3 heteroatoms. The van der Waals surface area contributed by atoms with Crippen LogP contribution in [-0.2, 0) is 0 Å². The quantitative estimate of drug-likeness (QED) is 0.767. The fourth-order valence-corrected chi connectivity index (χ4v) is 1.73. The van der Waals surface area contributed by atoms with Crippen molar-refractivity contribution in [3.8, 4) is 0 Å². The van der Waals surface area contributed by atoms with E-state index in [1.165, 1.54) is 25.7 Å². The van der Waals surface area contributed by atoms with E-state index in [1.807, 2.05) is 6.07 Å². The molecular formula is C11H17N3. The van der Waals surface area contributed by atoms with Crippen LogP contribution in [0.25, 0.3) is 0 Å². The van der Waals surface area contributed by atoms with Gasteiger partial charge >= 0.3 is 0 Å². The van der Waals surface area contributed by atoms with Crippen molar-refractivity contribution in [2.45, 2.75) is 25.7 Å². The maximum absolute atomic E-state index is 5.65. The number of nitrogens with one attached hydrogen (secondary N) is 1. The van der Waals surface area contributed by atoms with Crippen molar-refractivity contribution in [2.24, 2.45) is 5.92 Å². The molecule has 0 spiro atoms. The zero-order valence-corrected chi connectivity index (χ0v) is 8.37. The molecule has 0 radical (unpaired) electrons. The van der Waals surface area contributed by atoms with Crippen LogP contribution < -0.4 is 11.1 Å². The number of hydrogen-bond acceptors (Lipinski definition) is 3. The van der Waals surface area contributed by atoms with Crippen molar-refractivity contribution < 1.29 is 0 Å². The number of pyridine rings is 1. The normalized spacial score (nSPS) is 16.3. The van der Waals surface area contributed by atoms with Crippen molar-refractivity contribution in [2.75, 3.05) is 17.6 Å². The van der Waals surface area contributed by atoms with Crippen LogP contribution in [0, 0.1) is 5.92 Å². The molecule has 0 aromatic carbocycles. The van der Waals surface area contributed by atoms with Crippen LogP contribution in [0.2, 0.25) is 0 Å². The second kappa shape index (κ2) is 4.31. The number of anilines is 2. The minimum atomic E-state index is 0.770. The predicted octanol–water partition coefficient (Wildman–Crippen LogP) is 2.27. The molecule has 0 saturated heterocycles. The van der Waals surface area contributed by atoms with Crippen molar-refractivity contribution in [3.05, 3.63) is 18.3 Å². The zero-order chi connectivity index (χ0) is 9.80. The van der Waals surface area contributed by atoms with Crippen LogP contribution in [-0.4, -0.2) is 11.5 Å². The van der Waals surface area contributed by atoms with Gasteiger partial charge in [0.2, 0.25) is 0 Å². The highest BCUT2D eigenvalue weighted by Gasteiger charge is 2.16. The predicted molar refractivity (Wildman–Crippen MR) is 59.1 cm³/mol. The summed E-state index contributed by atoms with van der Waals surface area (Å²) in [6.07, 6.45) is 7.23. The summed E-state index contributed by atoms with van der Waals surface area (Å²) < 4.78 is 0. The molecule has 14 heavy (non-hydrogen) atoms. The van der Waals surface area contributed by atoms with Crippen molar-refractivity contribution >= 4 is 11.5 Å². The van der Waals surface area contributed by atoms with E-state index >= 15 is 0 Å². The minimum absolute atomic E-state index is 0.770. The smallest absolute Gasteiger partial charge is 0.127 e. The van der Waals surface area contributed by atoms with Gasteiger partial charge in [-0.3, -0.25) is 0 Å². The van der Waals surface area contributed by atoms with Gasteiger partial charge in [-0.1, -0.05) is 19.3 Å². The molecule has 3 N–H and O–H groups in total. The van der Waals surface area contributed by atoms with Gasteiger partial charge in [0.1, 0.15) is 5.82 Å². The summed E-state index contributed by atoms with van der Waals surface area (Å²) in [6.45, 7) is 1.02. The van der Waals surface area contributed by atoms with Crippen LogP contribution in [0.4, 0.5) is 11.5 Å². The number of nitrogen functional groups attached to an aromatic ring is 1. The summed E-state index contributed by atoms with van der Waals surface area (Å²) in [5, 5.41) is 3.29. The van der Waals surface area contributed by atoms with E-state index in [-0.39, 0.29) is 0 Å². The van der Waals surface area contributed by atoms with Crippen molar-refractivity contribution in [3.63, 3.8) is 0 Å². The molecule has 0 aliphatic heterocycles. The van der Waals surface area contributed by atoms with Gasteiger partial charge in [-0.15, -0.1) is 0 Å². The van der Waals surface area contributed by atoms with Crippen LogP contribution in [0.3, 0.4) is 0 Å². The van der Waals surface area contributed by atoms with Gasteiger partial charge in [-0.25, -0.2) is 4.98 Å². The van der Waals surface area contributed by atoms with Crippen molar-refractivity contribution in [1.29, 1.82) is 0 Å². The average Bonchev–Trinajstić information content (AvgIpc) is 2.09. The van der Waals surface area contributed by atoms with E-state index in [0.29, 0.717) is 0 Å². The van der Waals surface area contributed by atoms with Crippen LogP contribution in [0.15, 0.2) is 18.3 Å². The molecule has 3 nitrogen and oxygen atoms in total. The number of nitrogens with two attached hydrogens (primary N) is 1. The van der Waals surface area contributed by atoms with Gasteiger partial charge in [0.25, 0.3) is 0 Å². The lowest BCUT2D eigenvalue weighted by molar-refractivity contribution is 0.303. The summed E-state index contributed by atoms with van der Waals surface area (Å²) in [7, 11) is 0. The molecule has 1 aliphatic carbocycles. The molecule has 1 aliphatic rings. The summed E-state index contributed by atoms with van der Waals surface area (Å²) in [4.78, 5) is 4.19. The maximum Gasteiger partial charge on any atom is 0.127 e. The molecule has 2 rings (SSSR count). The van der Waals surface area contributed by atoms with Gasteiger partial charge < -0.3 is 11.1 Å². The fourth-order valence-electron chi connectivity index (χ4n) is 1.73. The first-order valence-electron chi connectivity index (χ1n) is 5.30. The summed E-state index contributed by atoms with van der Waals surface area (Å²) in [5.74, 6) is 1.84. The number of aromatic nitrogens is 1. The second-order valence-corrected chi connectivity index (χ2v) is 3.99. The highest BCUT2D eigenvalue weighted by atomic mass is 15.0. The summed E-state index contributed by atoms with van der Waals surface area (Å²) >= 11 is 0. The minimum Gasteiger partial charge on any atom is -0.399 e. The lowest BCUT2D eigenvalue weighted by Crippen LogP contribution is -2.15. The first kappa shape index (κ1) is 9.31. The summed E-state index contributed by atoms with van der Waals surface area (Å²) in [5.41, 5.74) is 6.42. The Morgan fingerprint density at radius 2 is 2.36 bits per heavy atom. The van der Waals surface area contributed by atoms with Gasteiger partial charge in [-0.05, 0) is 18.4 Å². The Morgan fingerprint density at radius 1 is 1.50 bits per heavy atom. The molecule has 0 unspecified atom stereocenters. The number of nitrogens with zero attached hydrogens (tertiary/aromatic N) is 1. The van der Waals surface area contributed by atoms with E-state index < -0.39 is 0 Å². The first-order chi connectivity index (χ1) is 6.84. The lowest BCUT2D eigenvalue weighted by atomic mass is 9.83. The molecular weight excluding hydrogens is 174 g/mol. The monoisotopic (exact) mass is 191 g/mol. The molecule has 76 valence electrons. The van der Waals surface area contributed by atoms with Crippen LogP contribution in [0.1, 0.15) is 25.7 Å². The highest BCUT2D eigenvalue weighted by molar-refractivity contribution is 5.48. The van der Waals surface area contributed by atoms with E-state index in [2.05, 4.69) is 10.3 Å². The zero-order valence-electron chi connectivity index (χ0n) is 8.37. The molecule has 1 fully saturated rings. The topological polar surface area (TPSA) is 50.9 Å². The van der Waals surface area contributed by atoms with E-state index in [9.17, 15) is 0 Å². The molecule has 1 aromatic heterocycles. The second-order valence-electron chi connectivity index (χ2n) is 3.99. The lowest BCUT2D eigenvalue weighted by Gasteiger charge is -2.25. The van der Waals surface area contributed by atoms with Gasteiger partial charge in [0, 0.05) is 24.5 Å². The Labute approximate surface area is 84.7 Å². The van der Waals surface area contributed by atoms with Gasteiger partial charge in [-0.2, -0.15) is 0 Å². The Kier molecular flexibility index (Phi) is 2.87. The number of hydrogen-bond donors (Lipinski definition) is 2. The third-order valence-corrected chi connectivity index (χ3v) is 2.87. The van der Waals surface area contributed by atoms with E-state index in [1.54, 1.807) is 12.3 Å². The molecule has 0 atom stereocenters. The molecule has 1 saturated carbocycles. The standard InChI is InChI=1S/C11H17N3/c12-10-5-7-14-11(8-10)13-6-4-9-2-1-3-9/h5,7-9H,1-4,6H2,(H3,12,13,14). The van der Waals surface area contributed by atoms with Crippen LogP contribution >= 0.6 is 0 Å². The SMILES string of the molecule is Nc1ccnc(NCCC2CCC2)c1. The number of rotatable bonds is 4. The molecule has 1 heterocycles. The molecule has 0 amide bonds. The third-order valence-electron chi connectivity index (χ3n) is 2.87. The van der Waals surface area contributed by atoms with Gasteiger partial charge in [0.05, 0.1) is 0 Å². The Bertz CT molecular complexity index is 294. The maximum atomic E-state index is 5.65. The van der Waals surface area contributed by atoms with Gasteiger partial charge in [0.15, 0.2) is 0 Å². The molecule has 0 bridgehead atoms. The van der Waals surface area contributed by atoms with E-state index in [4.69, 9.17) is 5.73 Å². The van der Waals surface area contributed by atoms with E-state index in [0.717, 1.165) is 24.0 Å². The van der Waals surface area contributed by atoms with Crippen molar-refractivity contribution in [1.82, 2.24) is 4.98 Å². The first-order valence-corrected chi connectivity index (χ1v) is 5.30.